The van der Waals surface area contributed by atoms with Crippen LogP contribution in [0.2, 0.25) is 0 Å². The standard InChI is InChI=1S/C11H20N2O/c1-8-4-2-6-10(8)13-7-3-5-9(12)11(13)14/h8-10H,2-7,12H2,1H3. The highest BCUT2D eigenvalue weighted by Crippen LogP contribution is 2.31. The zero-order chi connectivity index (χ0) is 10.1. The Hall–Kier alpha value is -0.570. The monoisotopic (exact) mass is 196 g/mol. The fraction of sp³-hybridized carbons (Fsp3) is 0.909. The largest absolute Gasteiger partial charge is 0.338 e. The molecule has 14 heavy (non-hydrogen) atoms. The highest BCUT2D eigenvalue weighted by atomic mass is 16.2. The van der Waals surface area contributed by atoms with Gasteiger partial charge in [-0.3, -0.25) is 4.79 Å². The van der Waals surface area contributed by atoms with E-state index in [0.717, 1.165) is 19.4 Å². The molecule has 80 valence electrons. The van der Waals surface area contributed by atoms with Crippen molar-refractivity contribution in [3.8, 4) is 0 Å². The van der Waals surface area contributed by atoms with Gasteiger partial charge in [0.1, 0.15) is 0 Å². The summed E-state index contributed by atoms with van der Waals surface area (Å²) >= 11 is 0. The highest BCUT2D eigenvalue weighted by Gasteiger charge is 2.35. The third kappa shape index (κ3) is 1.65. The topological polar surface area (TPSA) is 46.3 Å². The molecule has 1 amide bonds. The van der Waals surface area contributed by atoms with Gasteiger partial charge in [-0.25, -0.2) is 0 Å². The normalized spacial score (nSPS) is 39.1. The molecule has 2 aliphatic rings. The van der Waals surface area contributed by atoms with E-state index in [2.05, 4.69) is 6.92 Å². The molecule has 2 rings (SSSR count). The third-order valence-electron chi connectivity index (χ3n) is 3.73. The maximum atomic E-state index is 11.9. The predicted octanol–water partition coefficient (Wildman–Crippen LogP) is 1.12. The van der Waals surface area contributed by atoms with Gasteiger partial charge in [0, 0.05) is 12.6 Å². The molecule has 3 heteroatoms. The van der Waals surface area contributed by atoms with E-state index in [1.807, 2.05) is 4.90 Å². The van der Waals surface area contributed by atoms with Gasteiger partial charge in [-0.2, -0.15) is 0 Å². The van der Waals surface area contributed by atoms with Gasteiger partial charge in [0.05, 0.1) is 6.04 Å². The molecule has 0 spiro atoms. The molecule has 1 saturated heterocycles. The molecule has 2 N–H and O–H groups in total. The van der Waals surface area contributed by atoms with Crippen LogP contribution in [0.5, 0.6) is 0 Å². The summed E-state index contributed by atoms with van der Waals surface area (Å²) in [6.45, 7) is 3.19. The number of hydrogen-bond donors (Lipinski definition) is 1. The summed E-state index contributed by atoms with van der Waals surface area (Å²) in [5.41, 5.74) is 5.79. The second kappa shape index (κ2) is 3.89. The van der Waals surface area contributed by atoms with E-state index in [0.29, 0.717) is 12.0 Å². The van der Waals surface area contributed by atoms with Crippen molar-refractivity contribution in [3.63, 3.8) is 0 Å². The number of likely N-dealkylation sites (tertiary alicyclic amines) is 1. The lowest BCUT2D eigenvalue weighted by molar-refractivity contribution is -0.138. The van der Waals surface area contributed by atoms with E-state index in [1.54, 1.807) is 0 Å². The van der Waals surface area contributed by atoms with Crippen molar-refractivity contribution >= 4 is 5.91 Å². The average Bonchev–Trinajstić information content (AvgIpc) is 2.57. The summed E-state index contributed by atoms with van der Waals surface area (Å²) in [7, 11) is 0. The first-order chi connectivity index (χ1) is 6.70. The Labute approximate surface area is 85.6 Å². The summed E-state index contributed by atoms with van der Waals surface area (Å²) in [5, 5.41) is 0. The SMILES string of the molecule is CC1CCCC1N1CCCC(N)C1=O. The summed E-state index contributed by atoms with van der Waals surface area (Å²) < 4.78 is 0. The molecule has 0 aromatic carbocycles. The van der Waals surface area contributed by atoms with Gasteiger partial charge in [0.25, 0.3) is 0 Å². The summed E-state index contributed by atoms with van der Waals surface area (Å²) in [4.78, 5) is 13.9. The van der Waals surface area contributed by atoms with Crippen LogP contribution in [0.3, 0.4) is 0 Å². The van der Waals surface area contributed by atoms with Crippen molar-refractivity contribution in [1.29, 1.82) is 0 Å². The second-order valence-electron chi connectivity index (χ2n) is 4.76. The fourth-order valence-corrected chi connectivity index (χ4v) is 2.85. The van der Waals surface area contributed by atoms with Crippen LogP contribution in [0.1, 0.15) is 39.0 Å². The summed E-state index contributed by atoms with van der Waals surface area (Å²) in [6.07, 6.45) is 5.67. The van der Waals surface area contributed by atoms with Crippen LogP contribution < -0.4 is 5.73 Å². The number of carbonyl (C=O) groups excluding carboxylic acids is 1. The number of amides is 1. The van der Waals surface area contributed by atoms with Crippen molar-refractivity contribution in [1.82, 2.24) is 4.90 Å². The zero-order valence-electron chi connectivity index (χ0n) is 8.91. The van der Waals surface area contributed by atoms with Crippen molar-refractivity contribution in [3.05, 3.63) is 0 Å². The Balaban J connectivity index is 2.05. The van der Waals surface area contributed by atoms with Crippen molar-refractivity contribution in [2.75, 3.05) is 6.54 Å². The molecule has 1 saturated carbocycles. The number of nitrogens with zero attached hydrogens (tertiary/aromatic N) is 1. The lowest BCUT2D eigenvalue weighted by Gasteiger charge is -2.37. The number of piperidine rings is 1. The first kappa shape index (κ1) is 9.97. The fourth-order valence-electron chi connectivity index (χ4n) is 2.85. The van der Waals surface area contributed by atoms with E-state index < -0.39 is 0 Å². The van der Waals surface area contributed by atoms with Crippen molar-refractivity contribution < 1.29 is 4.79 Å². The Morgan fingerprint density at radius 3 is 2.71 bits per heavy atom. The summed E-state index contributed by atoms with van der Waals surface area (Å²) in [5.74, 6) is 0.860. The van der Waals surface area contributed by atoms with Gasteiger partial charge < -0.3 is 10.6 Å². The molecule has 3 nitrogen and oxygen atoms in total. The van der Waals surface area contributed by atoms with Gasteiger partial charge in [-0.15, -0.1) is 0 Å². The maximum Gasteiger partial charge on any atom is 0.239 e. The molecule has 1 aliphatic heterocycles. The van der Waals surface area contributed by atoms with Crippen LogP contribution in [0.25, 0.3) is 0 Å². The van der Waals surface area contributed by atoms with Crippen LogP contribution in [0.4, 0.5) is 0 Å². The van der Waals surface area contributed by atoms with E-state index in [1.165, 1.54) is 19.3 Å². The highest BCUT2D eigenvalue weighted by molar-refractivity contribution is 5.82. The average molecular weight is 196 g/mol. The van der Waals surface area contributed by atoms with E-state index in [9.17, 15) is 4.79 Å². The molecular formula is C11H20N2O. The van der Waals surface area contributed by atoms with Gasteiger partial charge >= 0.3 is 0 Å². The van der Waals surface area contributed by atoms with Gasteiger partial charge in [-0.05, 0) is 31.6 Å². The minimum absolute atomic E-state index is 0.190. The molecule has 0 radical (unpaired) electrons. The molecular weight excluding hydrogens is 176 g/mol. The van der Waals surface area contributed by atoms with Gasteiger partial charge in [-0.1, -0.05) is 13.3 Å². The Morgan fingerprint density at radius 1 is 1.29 bits per heavy atom. The smallest absolute Gasteiger partial charge is 0.239 e. The number of carbonyl (C=O) groups is 1. The van der Waals surface area contributed by atoms with E-state index in [4.69, 9.17) is 5.73 Å². The van der Waals surface area contributed by atoms with Crippen LogP contribution >= 0.6 is 0 Å². The summed E-state index contributed by atoms with van der Waals surface area (Å²) in [6, 6.07) is 0.255. The molecule has 1 heterocycles. The van der Waals surface area contributed by atoms with Crippen LogP contribution in [-0.4, -0.2) is 29.4 Å². The van der Waals surface area contributed by atoms with Crippen LogP contribution in [0, 0.1) is 5.92 Å². The number of rotatable bonds is 1. The second-order valence-corrected chi connectivity index (χ2v) is 4.76. The minimum Gasteiger partial charge on any atom is -0.338 e. The zero-order valence-corrected chi connectivity index (χ0v) is 8.91. The first-order valence-electron chi connectivity index (χ1n) is 5.76. The predicted molar refractivity (Wildman–Crippen MR) is 55.7 cm³/mol. The molecule has 1 aliphatic carbocycles. The third-order valence-corrected chi connectivity index (χ3v) is 3.73. The molecule has 0 bridgehead atoms. The first-order valence-corrected chi connectivity index (χ1v) is 5.76. The van der Waals surface area contributed by atoms with Crippen molar-refractivity contribution in [2.45, 2.75) is 51.1 Å². The van der Waals surface area contributed by atoms with E-state index >= 15 is 0 Å². The lowest BCUT2D eigenvalue weighted by atomic mass is 9.98. The van der Waals surface area contributed by atoms with Gasteiger partial charge in [0.2, 0.25) is 5.91 Å². The number of nitrogens with two attached hydrogens (primary N) is 1. The lowest BCUT2D eigenvalue weighted by Crippen LogP contribution is -2.53. The number of hydrogen-bond acceptors (Lipinski definition) is 2. The molecule has 3 unspecified atom stereocenters. The van der Waals surface area contributed by atoms with Crippen molar-refractivity contribution in [2.24, 2.45) is 11.7 Å². The molecule has 3 atom stereocenters. The van der Waals surface area contributed by atoms with Crippen LogP contribution in [0.15, 0.2) is 0 Å². The Bertz CT molecular complexity index is 229. The minimum atomic E-state index is -0.225. The molecule has 0 aromatic rings. The maximum absolute atomic E-state index is 11.9. The molecule has 2 fully saturated rings. The Kier molecular flexibility index (Phi) is 2.77. The quantitative estimate of drug-likeness (QED) is 0.683. The molecule has 0 aromatic heterocycles. The van der Waals surface area contributed by atoms with Crippen LogP contribution in [-0.2, 0) is 4.79 Å². The van der Waals surface area contributed by atoms with Gasteiger partial charge in [0.15, 0.2) is 0 Å². The Morgan fingerprint density at radius 2 is 2.07 bits per heavy atom. The van der Waals surface area contributed by atoms with E-state index in [-0.39, 0.29) is 11.9 Å².